The molecule has 0 unspecified atom stereocenters. The lowest BCUT2D eigenvalue weighted by Gasteiger charge is -2.17. The first-order chi connectivity index (χ1) is 10.3. The number of para-hydroxylation sites is 1. The van der Waals surface area contributed by atoms with Crippen LogP contribution in [0.1, 0.15) is 71.1 Å². The molecule has 1 aromatic carbocycles. The molecule has 2 nitrogen and oxygen atoms in total. The highest BCUT2D eigenvalue weighted by molar-refractivity contribution is 5.92. The van der Waals surface area contributed by atoms with Gasteiger partial charge in [-0.3, -0.25) is 4.79 Å². The Kier molecular flexibility index (Phi) is 9.60. The van der Waals surface area contributed by atoms with Crippen molar-refractivity contribution >= 4 is 11.6 Å². The van der Waals surface area contributed by atoms with Crippen LogP contribution in [0.2, 0.25) is 0 Å². The second-order valence-electron chi connectivity index (χ2n) is 5.87. The van der Waals surface area contributed by atoms with Gasteiger partial charge in [0.25, 0.3) is 0 Å². The predicted octanol–water partition coefficient (Wildman–Crippen LogP) is 5.57. The van der Waals surface area contributed by atoms with Crippen molar-refractivity contribution < 1.29 is 4.79 Å². The molecule has 1 aromatic rings. The van der Waals surface area contributed by atoms with Crippen LogP contribution < -0.4 is 4.90 Å². The zero-order valence-corrected chi connectivity index (χ0v) is 13.8. The minimum absolute atomic E-state index is 0.226. The van der Waals surface area contributed by atoms with Crippen LogP contribution in [-0.4, -0.2) is 13.0 Å². The largest absolute Gasteiger partial charge is 0.316 e. The fraction of sp³-hybridized carbons (Fsp3) is 0.632. The summed E-state index contributed by atoms with van der Waals surface area (Å²) in [5.74, 6) is 0.226. The Morgan fingerprint density at radius 3 is 1.95 bits per heavy atom. The van der Waals surface area contributed by atoms with Crippen LogP contribution >= 0.6 is 0 Å². The highest BCUT2D eigenvalue weighted by atomic mass is 16.2. The Morgan fingerprint density at radius 1 is 0.857 bits per heavy atom. The van der Waals surface area contributed by atoms with Crippen molar-refractivity contribution in [1.82, 2.24) is 0 Å². The Hall–Kier alpha value is -1.31. The molecule has 0 aliphatic rings. The molecule has 0 atom stereocenters. The molecule has 118 valence electrons. The smallest absolute Gasteiger partial charge is 0.226 e. The summed E-state index contributed by atoms with van der Waals surface area (Å²) in [5.41, 5.74) is 0.985. The maximum absolute atomic E-state index is 12.1. The Labute approximate surface area is 130 Å². The summed E-state index contributed by atoms with van der Waals surface area (Å²) in [6, 6.07) is 9.88. The fourth-order valence-electron chi connectivity index (χ4n) is 2.55. The monoisotopic (exact) mass is 289 g/mol. The highest BCUT2D eigenvalue weighted by Gasteiger charge is 2.09. The number of hydrogen-bond donors (Lipinski definition) is 0. The molecule has 0 N–H and O–H groups in total. The van der Waals surface area contributed by atoms with Gasteiger partial charge in [-0.25, -0.2) is 0 Å². The van der Waals surface area contributed by atoms with Crippen molar-refractivity contribution in [3.05, 3.63) is 30.3 Å². The van der Waals surface area contributed by atoms with Gasteiger partial charge in [-0.2, -0.15) is 0 Å². The third-order valence-corrected chi connectivity index (χ3v) is 4.01. The van der Waals surface area contributed by atoms with Gasteiger partial charge in [-0.1, -0.05) is 76.5 Å². The van der Waals surface area contributed by atoms with Gasteiger partial charge < -0.3 is 4.90 Å². The number of carbonyl (C=O) groups excluding carboxylic acids is 1. The summed E-state index contributed by atoms with van der Waals surface area (Å²) in [6.07, 6.45) is 12.3. The number of benzene rings is 1. The van der Waals surface area contributed by atoms with E-state index >= 15 is 0 Å². The molecular weight excluding hydrogens is 258 g/mol. The molecule has 0 aliphatic carbocycles. The van der Waals surface area contributed by atoms with Crippen molar-refractivity contribution in [2.45, 2.75) is 71.1 Å². The summed E-state index contributed by atoms with van der Waals surface area (Å²) >= 11 is 0. The van der Waals surface area contributed by atoms with Crippen LogP contribution in [0.25, 0.3) is 0 Å². The van der Waals surface area contributed by atoms with E-state index in [1.54, 1.807) is 4.90 Å². The molecule has 2 heteroatoms. The zero-order valence-electron chi connectivity index (χ0n) is 13.8. The normalized spacial score (nSPS) is 10.6. The molecule has 0 saturated heterocycles. The zero-order chi connectivity index (χ0) is 15.3. The fourth-order valence-corrected chi connectivity index (χ4v) is 2.55. The summed E-state index contributed by atoms with van der Waals surface area (Å²) in [7, 11) is 1.87. The van der Waals surface area contributed by atoms with E-state index in [2.05, 4.69) is 6.92 Å². The molecular formula is C19H31NO. The van der Waals surface area contributed by atoms with Crippen molar-refractivity contribution in [2.24, 2.45) is 0 Å². The highest BCUT2D eigenvalue weighted by Crippen LogP contribution is 2.14. The number of nitrogens with zero attached hydrogens (tertiary/aromatic N) is 1. The van der Waals surface area contributed by atoms with Crippen LogP contribution in [0.3, 0.4) is 0 Å². The Bertz CT molecular complexity index is 374. The van der Waals surface area contributed by atoms with Gasteiger partial charge >= 0.3 is 0 Å². The van der Waals surface area contributed by atoms with Gasteiger partial charge in [-0.05, 0) is 18.6 Å². The molecule has 0 aliphatic heterocycles. The Balaban J connectivity index is 2.03. The first kappa shape index (κ1) is 17.7. The molecule has 0 spiro atoms. The second kappa shape index (κ2) is 11.4. The molecule has 0 bridgehead atoms. The van der Waals surface area contributed by atoms with Gasteiger partial charge in [-0.15, -0.1) is 0 Å². The van der Waals surface area contributed by atoms with Crippen molar-refractivity contribution in [2.75, 3.05) is 11.9 Å². The van der Waals surface area contributed by atoms with Crippen LogP contribution in [0.5, 0.6) is 0 Å². The summed E-state index contributed by atoms with van der Waals surface area (Å²) < 4.78 is 0. The van der Waals surface area contributed by atoms with Crippen LogP contribution in [0.15, 0.2) is 30.3 Å². The summed E-state index contributed by atoms with van der Waals surface area (Å²) in [5, 5.41) is 0. The van der Waals surface area contributed by atoms with Crippen molar-refractivity contribution in [3.8, 4) is 0 Å². The van der Waals surface area contributed by atoms with E-state index < -0.39 is 0 Å². The van der Waals surface area contributed by atoms with Crippen LogP contribution in [-0.2, 0) is 4.79 Å². The topological polar surface area (TPSA) is 20.3 Å². The lowest BCUT2D eigenvalue weighted by atomic mass is 10.1. The molecule has 21 heavy (non-hydrogen) atoms. The summed E-state index contributed by atoms with van der Waals surface area (Å²) in [4.78, 5) is 13.8. The number of amides is 1. The first-order valence-electron chi connectivity index (χ1n) is 8.57. The maximum Gasteiger partial charge on any atom is 0.226 e. The third kappa shape index (κ3) is 7.89. The van der Waals surface area contributed by atoms with E-state index in [0.29, 0.717) is 6.42 Å². The van der Waals surface area contributed by atoms with Gasteiger partial charge in [0.1, 0.15) is 0 Å². The van der Waals surface area contributed by atoms with Crippen LogP contribution in [0, 0.1) is 0 Å². The van der Waals surface area contributed by atoms with E-state index in [9.17, 15) is 4.79 Å². The van der Waals surface area contributed by atoms with E-state index in [1.807, 2.05) is 37.4 Å². The van der Waals surface area contributed by atoms with E-state index in [0.717, 1.165) is 12.1 Å². The van der Waals surface area contributed by atoms with Gasteiger partial charge in [0.05, 0.1) is 0 Å². The van der Waals surface area contributed by atoms with E-state index in [1.165, 1.54) is 51.4 Å². The van der Waals surface area contributed by atoms with Gasteiger partial charge in [0, 0.05) is 19.2 Å². The average molecular weight is 289 g/mol. The predicted molar refractivity (Wildman–Crippen MR) is 91.7 cm³/mol. The lowest BCUT2D eigenvalue weighted by Crippen LogP contribution is -2.25. The van der Waals surface area contributed by atoms with Crippen molar-refractivity contribution in [3.63, 3.8) is 0 Å². The number of anilines is 1. The molecule has 0 saturated carbocycles. The molecule has 1 amide bonds. The second-order valence-corrected chi connectivity index (χ2v) is 5.87. The third-order valence-electron chi connectivity index (χ3n) is 4.01. The van der Waals surface area contributed by atoms with Gasteiger partial charge in [0.2, 0.25) is 5.91 Å². The lowest BCUT2D eigenvalue weighted by molar-refractivity contribution is -0.118. The number of carbonyl (C=O) groups is 1. The number of unbranched alkanes of at least 4 members (excludes halogenated alkanes) is 8. The minimum Gasteiger partial charge on any atom is -0.316 e. The Morgan fingerprint density at radius 2 is 1.38 bits per heavy atom. The first-order valence-corrected chi connectivity index (χ1v) is 8.57. The summed E-state index contributed by atoms with van der Waals surface area (Å²) in [6.45, 7) is 2.25. The molecule has 1 rings (SSSR count). The minimum atomic E-state index is 0.226. The van der Waals surface area contributed by atoms with Crippen molar-refractivity contribution in [1.29, 1.82) is 0 Å². The molecule has 0 radical (unpaired) electrons. The maximum atomic E-state index is 12.1. The number of rotatable bonds is 11. The molecule has 0 fully saturated rings. The molecule has 0 aromatic heterocycles. The van der Waals surface area contributed by atoms with E-state index in [4.69, 9.17) is 0 Å². The van der Waals surface area contributed by atoms with Gasteiger partial charge in [0.15, 0.2) is 0 Å². The SMILES string of the molecule is CCCCCCCCCCCC(=O)N(C)c1ccccc1. The molecule has 0 heterocycles. The number of hydrogen-bond acceptors (Lipinski definition) is 1. The average Bonchev–Trinajstić information content (AvgIpc) is 2.53. The quantitative estimate of drug-likeness (QED) is 0.488. The standard InChI is InChI=1S/C19H31NO/c1-3-4-5-6-7-8-9-10-14-17-19(21)20(2)18-15-12-11-13-16-18/h11-13,15-16H,3-10,14,17H2,1-2H3. The van der Waals surface area contributed by atoms with Crippen LogP contribution in [0.4, 0.5) is 5.69 Å². The van der Waals surface area contributed by atoms with E-state index in [-0.39, 0.29) is 5.91 Å².